The predicted molar refractivity (Wildman–Crippen MR) is 80.6 cm³/mol. The number of halogens is 1. The van der Waals surface area contributed by atoms with Gasteiger partial charge in [-0.05, 0) is 38.5 Å². The van der Waals surface area contributed by atoms with Crippen LogP contribution < -0.4 is 0 Å². The summed E-state index contributed by atoms with van der Waals surface area (Å²) < 4.78 is 1.02. The number of hydrogen-bond acceptors (Lipinski definition) is 3. The third-order valence-electron chi connectivity index (χ3n) is 3.10. The van der Waals surface area contributed by atoms with E-state index < -0.39 is 11.4 Å². The Morgan fingerprint density at radius 1 is 1.42 bits per heavy atom. The topological polar surface area (TPSA) is 50.2 Å². The van der Waals surface area contributed by atoms with E-state index in [-0.39, 0.29) is 0 Å². The van der Waals surface area contributed by atoms with Gasteiger partial charge in [0, 0.05) is 15.4 Å². The maximum Gasteiger partial charge on any atom is 0.315 e. The van der Waals surface area contributed by atoms with Crippen molar-refractivity contribution in [2.45, 2.75) is 26.2 Å². The second-order valence-electron chi connectivity index (χ2n) is 4.93. The molecule has 2 rings (SSSR count). The molecule has 0 saturated heterocycles. The van der Waals surface area contributed by atoms with Crippen LogP contribution in [0.5, 0.6) is 0 Å². The first kappa shape index (κ1) is 14.2. The van der Waals surface area contributed by atoms with Gasteiger partial charge >= 0.3 is 5.97 Å². The number of rotatable bonds is 3. The Bertz CT molecular complexity index is 634. The van der Waals surface area contributed by atoms with Gasteiger partial charge in [-0.1, -0.05) is 22.0 Å². The van der Waals surface area contributed by atoms with Crippen LogP contribution in [0.1, 0.15) is 25.1 Å². The number of aliphatic carboxylic acids is 1. The Morgan fingerprint density at radius 3 is 2.68 bits per heavy atom. The standard InChI is InChI=1S/C14H14BrNO2S/c1-8-6-9(15)4-5-10(8)12-16-11(7-19-12)14(2,3)13(17)18/h4-7H,1-3H3,(H,17,18). The summed E-state index contributed by atoms with van der Waals surface area (Å²) in [6.07, 6.45) is 0. The second kappa shape index (κ2) is 5.06. The summed E-state index contributed by atoms with van der Waals surface area (Å²) in [5, 5.41) is 11.9. The van der Waals surface area contributed by atoms with Gasteiger partial charge in [-0.25, -0.2) is 4.98 Å². The van der Waals surface area contributed by atoms with Crippen molar-refractivity contribution in [3.63, 3.8) is 0 Å². The van der Waals surface area contributed by atoms with Crippen molar-refractivity contribution in [2.24, 2.45) is 0 Å². The third-order valence-corrected chi connectivity index (χ3v) is 4.47. The smallest absolute Gasteiger partial charge is 0.315 e. The summed E-state index contributed by atoms with van der Waals surface area (Å²) in [5.74, 6) is -0.864. The molecule has 1 heterocycles. The van der Waals surface area contributed by atoms with E-state index in [4.69, 9.17) is 0 Å². The molecule has 1 aromatic carbocycles. The number of thiazole rings is 1. The molecule has 1 N–H and O–H groups in total. The minimum atomic E-state index is -0.960. The monoisotopic (exact) mass is 339 g/mol. The van der Waals surface area contributed by atoms with Gasteiger partial charge in [-0.3, -0.25) is 4.79 Å². The van der Waals surface area contributed by atoms with Gasteiger partial charge in [0.25, 0.3) is 0 Å². The van der Waals surface area contributed by atoms with Crippen molar-refractivity contribution < 1.29 is 9.90 Å². The van der Waals surface area contributed by atoms with Crippen molar-refractivity contribution in [1.29, 1.82) is 0 Å². The minimum absolute atomic E-state index is 0.599. The van der Waals surface area contributed by atoms with Gasteiger partial charge in [-0.15, -0.1) is 11.3 Å². The molecule has 0 unspecified atom stereocenters. The lowest BCUT2D eigenvalue weighted by molar-refractivity contribution is -0.142. The Labute approximate surface area is 124 Å². The zero-order valence-corrected chi connectivity index (χ0v) is 13.3. The Balaban J connectivity index is 2.44. The number of aromatic nitrogens is 1. The van der Waals surface area contributed by atoms with Crippen LogP contribution in [0.3, 0.4) is 0 Å². The van der Waals surface area contributed by atoms with Crippen LogP contribution in [0.2, 0.25) is 0 Å². The average Bonchev–Trinajstić information content (AvgIpc) is 2.78. The summed E-state index contributed by atoms with van der Waals surface area (Å²) in [7, 11) is 0. The molecule has 19 heavy (non-hydrogen) atoms. The first-order chi connectivity index (χ1) is 8.82. The second-order valence-corrected chi connectivity index (χ2v) is 6.70. The summed E-state index contributed by atoms with van der Waals surface area (Å²) >= 11 is 4.91. The predicted octanol–water partition coefficient (Wildman–Crippen LogP) is 4.24. The van der Waals surface area contributed by atoms with Gasteiger partial charge in [0.05, 0.1) is 5.69 Å². The fourth-order valence-corrected chi connectivity index (χ4v) is 3.21. The van der Waals surface area contributed by atoms with Gasteiger partial charge in [0.15, 0.2) is 0 Å². The van der Waals surface area contributed by atoms with Crippen LogP contribution in [0, 0.1) is 6.92 Å². The molecule has 0 fully saturated rings. The van der Waals surface area contributed by atoms with Crippen LogP contribution in [-0.4, -0.2) is 16.1 Å². The molecule has 5 heteroatoms. The fraction of sp³-hybridized carbons (Fsp3) is 0.286. The number of carboxylic acid groups (broad SMARTS) is 1. The largest absolute Gasteiger partial charge is 0.481 e. The molecule has 0 bridgehead atoms. The number of carboxylic acids is 1. The summed E-state index contributed by atoms with van der Waals surface area (Å²) in [6, 6.07) is 5.99. The maximum atomic E-state index is 11.2. The van der Waals surface area contributed by atoms with E-state index in [0.717, 1.165) is 20.6 Å². The molecule has 2 aromatic rings. The van der Waals surface area contributed by atoms with Crippen LogP contribution >= 0.6 is 27.3 Å². The quantitative estimate of drug-likeness (QED) is 0.909. The van der Waals surface area contributed by atoms with Crippen molar-refractivity contribution in [3.8, 4) is 10.6 Å². The van der Waals surface area contributed by atoms with Crippen molar-refractivity contribution >= 4 is 33.2 Å². The highest BCUT2D eigenvalue weighted by molar-refractivity contribution is 9.10. The van der Waals surface area contributed by atoms with E-state index in [2.05, 4.69) is 20.9 Å². The van der Waals surface area contributed by atoms with Crippen LogP contribution in [0.15, 0.2) is 28.1 Å². The molecular formula is C14H14BrNO2S. The summed E-state index contributed by atoms with van der Waals surface area (Å²) in [5.41, 5.74) is 1.80. The van der Waals surface area contributed by atoms with Crippen LogP contribution in [0.4, 0.5) is 0 Å². The minimum Gasteiger partial charge on any atom is -0.481 e. The Hall–Kier alpha value is -1.20. The van der Waals surface area contributed by atoms with E-state index in [1.165, 1.54) is 11.3 Å². The Morgan fingerprint density at radius 2 is 2.11 bits per heavy atom. The summed E-state index contributed by atoms with van der Waals surface area (Å²) in [4.78, 5) is 15.7. The molecule has 0 radical (unpaired) electrons. The molecule has 0 aliphatic carbocycles. The number of carbonyl (C=O) groups is 1. The molecule has 1 aromatic heterocycles. The normalized spacial score (nSPS) is 11.6. The molecular weight excluding hydrogens is 326 g/mol. The maximum absolute atomic E-state index is 11.2. The fourth-order valence-electron chi connectivity index (χ4n) is 1.66. The molecule has 0 aliphatic heterocycles. The lowest BCUT2D eigenvalue weighted by Crippen LogP contribution is -2.28. The number of hydrogen-bond donors (Lipinski definition) is 1. The molecule has 3 nitrogen and oxygen atoms in total. The van der Waals surface area contributed by atoms with E-state index in [1.54, 1.807) is 13.8 Å². The van der Waals surface area contributed by atoms with Crippen LogP contribution in [0.25, 0.3) is 10.6 Å². The molecule has 0 aliphatic rings. The Kier molecular flexibility index (Phi) is 3.78. The van der Waals surface area contributed by atoms with Gasteiger partial charge in [-0.2, -0.15) is 0 Å². The van der Waals surface area contributed by atoms with E-state index in [1.807, 2.05) is 30.5 Å². The average molecular weight is 340 g/mol. The lowest BCUT2D eigenvalue weighted by atomic mass is 9.90. The van der Waals surface area contributed by atoms with E-state index >= 15 is 0 Å². The lowest BCUT2D eigenvalue weighted by Gasteiger charge is -2.15. The summed E-state index contributed by atoms with van der Waals surface area (Å²) in [6.45, 7) is 5.36. The van der Waals surface area contributed by atoms with Gasteiger partial charge in [0.1, 0.15) is 10.4 Å². The van der Waals surface area contributed by atoms with Gasteiger partial charge in [0.2, 0.25) is 0 Å². The highest BCUT2D eigenvalue weighted by atomic mass is 79.9. The van der Waals surface area contributed by atoms with Crippen molar-refractivity contribution in [1.82, 2.24) is 4.98 Å². The zero-order valence-electron chi connectivity index (χ0n) is 10.9. The van der Waals surface area contributed by atoms with Gasteiger partial charge < -0.3 is 5.11 Å². The molecule has 0 spiro atoms. The SMILES string of the molecule is Cc1cc(Br)ccc1-c1nc(C(C)(C)C(=O)O)cs1. The highest BCUT2D eigenvalue weighted by Crippen LogP contribution is 2.32. The third kappa shape index (κ3) is 2.72. The van der Waals surface area contributed by atoms with E-state index in [0.29, 0.717) is 5.69 Å². The first-order valence-corrected chi connectivity index (χ1v) is 7.45. The van der Waals surface area contributed by atoms with Crippen molar-refractivity contribution in [3.05, 3.63) is 39.3 Å². The molecule has 0 amide bonds. The molecule has 100 valence electrons. The highest BCUT2D eigenvalue weighted by Gasteiger charge is 2.32. The zero-order chi connectivity index (χ0) is 14.2. The number of nitrogens with zero attached hydrogens (tertiary/aromatic N) is 1. The van der Waals surface area contributed by atoms with Crippen LogP contribution in [-0.2, 0) is 10.2 Å². The molecule has 0 atom stereocenters. The van der Waals surface area contributed by atoms with E-state index in [9.17, 15) is 9.90 Å². The molecule has 0 saturated carbocycles. The van der Waals surface area contributed by atoms with Crippen molar-refractivity contribution in [2.75, 3.05) is 0 Å². The first-order valence-electron chi connectivity index (χ1n) is 5.78. The number of aryl methyl sites for hydroxylation is 1. The number of benzene rings is 1.